The maximum absolute atomic E-state index is 10.8. The number of ether oxygens (including phenoxy) is 1. The van der Waals surface area contributed by atoms with E-state index >= 15 is 0 Å². The molecule has 0 saturated carbocycles. The van der Waals surface area contributed by atoms with Gasteiger partial charge in [0, 0.05) is 6.42 Å². The number of unbranched alkanes of at least 4 members (excludes halogenated alkanes) is 7. The zero-order valence-electron chi connectivity index (χ0n) is 14.9. The molecule has 0 unspecified atom stereocenters. The maximum atomic E-state index is 10.8. The Kier molecular flexibility index (Phi) is 8.84. The van der Waals surface area contributed by atoms with E-state index in [0.29, 0.717) is 6.42 Å². The molecule has 0 bridgehead atoms. The first-order chi connectivity index (χ1) is 12.3. The first kappa shape index (κ1) is 19.3. The minimum absolute atomic E-state index is 0.286. The number of carbonyl (C=O) groups excluding carboxylic acids is 1. The van der Waals surface area contributed by atoms with Crippen molar-refractivity contribution in [3.05, 3.63) is 42.5 Å². The molecule has 2 aromatic carbocycles. The van der Waals surface area contributed by atoms with E-state index in [0.717, 1.165) is 38.0 Å². The van der Waals surface area contributed by atoms with Gasteiger partial charge >= 0.3 is 0 Å². The minimum Gasteiger partial charge on any atom is -0.494 e. The molecule has 25 heavy (non-hydrogen) atoms. The lowest BCUT2D eigenvalue weighted by Gasteiger charge is -2.07. The van der Waals surface area contributed by atoms with Crippen molar-refractivity contribution < 1.29 is 14.7 Å². The van der Waals surface area contributed by atoms with Crippen LogP contribution in [0.2, 0.25) is 0 Å². The summed E-state index contributed by atoms with van der Waals surface area (Å²) in [6.07, 6.45) is 9.45. The molecular weight excluding hydrogens is 314 g/mol. The predicted molar refractivity (Wildman–Crippen MR) is 101 cm³/mol. The van der Waals surface area contributed by atoms with Gasteiger partial charge in [-0.05, 0) is 35.7 Å². The van der Waals surface area contributed by atoms with Gasteiger partial charge in [0.2, 0.25) is 5.91 Å². The van der Waals surface area contributed by atoms with E-state index < -0.39 is 0 Å². The van der Waals surface area contributed by atoms with Crippen molar-refractivity contribution in [2.45, 2.75) is 57.8 Å². The van der Waals surface area contributed by atoms with Crippen LogP contribution < -0.4 is 10.2 Å². The van der Waals surface area contributed by atoms with Crippen LogP contribution in [0.4, 0.5) is 0 Å². The largest absolute Gasteiger partial charge is 0.494 e. The molecule has 0 spiro atoms. The second kappa shape index (κ2) is 11.5. The second-order valence-electron chi connectivity index (χ2n) is 6.47. The molecule has 2 aromatic rings. The van der Waals surface area contributed by atoms with Gasteiger partial charge in [-0.2, -0.15) is 0 Å². The Morgan fingerprint density at radius 3 is 2.20 bits per heavy atom. The third-order valence-corrected chi connectivity index (χ3v) is 4.41. The molecule has 0 aliphatic heterocycles. The van der Waals surface area contributed by atoms with Crippen LogP contribution in [0.15, 0.2) is 42.5 Å². The summed E-state index contributed by atoms with van der Waals surface area (Å²) in [5.41, 5.74) is 1.67. The average molecular weight is 343 g/mol. The molecule has 1 amide bonds. The van der Waals surface area contributed by atoms with Crippen LogP contribution in [-0.2, 0) is 4.79 Å². The fraction of sp³-hybridized carbons (Fsp3) is 0.476. The van der Waals surface area contributed by atoms with Gasteiger partial charge < -0.3 is 4.74 Å². The Hall–Kier alpha value is -2.07. The van der Waals surface area contributed by atoms with Crippen LogP contribution in [0.3, 0.4) is 0 Å². The quantitative estimate of drug-likeness (QED) is 0.315. The molecule has 0 atom stereocenters. The molecule has 0 saturated heterocycles. The summed E-state index contributed by atoms with van der Waals surface area (Å²) in [5, 5.41) is 10.8. The lowest BCUT2D eigenvalue weighted by molar-refractivity contribution is -0.129. The van der Waals surface area contributed by atoms with Gasteiger partial charge in [-0.15, -0.1) is 0 Å². The summed E-state index contributed by atoms with van der Waals surface area (Å²) >= 11 is 0. The molecule has 0 heterocycles. The molecule has 136 valence electrons. The topological polar surface area (TPSA) is 58.6 Å². The number of fused-ring (bicyclic) bond motifs is 1. The second-order valence-corrected chi connectivity index (χ2v) is 6.47. The number of hydroxylamine groups is 1. The standard InChI is InChI=1S/C21H29NO3/c23-21(22-24)13-7-5-3-1-2-4-6-10-16-25-20-15-14-18-11-8-9-12-19(18)17-20/h8-9,11-12,14-15,17,24H,1-7,10,13,16H2,(H,22,23). The van der Waals surface area contributed by atoms with E-state index in [2.05, 4.69) is 30.3 Å². The van der Waals surface area contributed by atoms with E-state index in [1.54, 1.807) is 5.48 Å². The van der Waals surface area contributed by atoms with Crippen molar-refractivity contribution in [1.82, 2.24) is 5.48 Å². The zero-order valence-corrected chi connectivity index (χ0v) is 14.9. The molecule has 4 heteroatoms. The van der Waals surface area contributed by atoms with Crippen molar-refractivity contribution in [2.75, 3.05) is 6.61 Å². The Morgan fingerprint density at radius 2 is 1.48 bits per heavy atom. The van der Waals surface area contributed by atoms with Crippen molar-refractivity contribution in [3.63, 3.8) is 0 Å². The van der Waals surface area contributed by atoms with E-state index in [1.165, 1.54) is 36.5 Å². The summed E-state index contributed by atoms with van der Waals surface area (Å²) in [6, 6.07) is 14.6. The SMILES string of the molecule is O=C(CCCCCCCCCCOc1ccc2ccccc2c1)NO. The summed E-state index contributed by atoms with van der Waals surface area (Å²) in [6.45, 7) is 0.772. The summed E-state index contributed by atoms with van der Waals surface area (Å²) < 4.78 is 5.85. The van der Waals surface area contributed by atoms with Crippen LogP contribution in [0, 0.1) is 0 Å². The van der Waals surface area contributed by atoms with E-state index in [-0.39, 0.29) is 5.91 Å². The summed E-state index contributed by atoms with van der Waals surface area (Å²) in [5.74, 6) is 0.664. The normalized spacial score (nSPS) is 10.8. The average Bonchev–Trinajstić information content (AvgIpc) is 2.65. The number of rotatable bonds is 12. The molecule has 4 nitrogen and oxygen atoms in total. The molecule has 0 radical (unpaired) electrons. The smallest absolute Gasteiger partial charge is 0.243 e. The molecule has 0 aliphatic rings. The van der Waals surface area contributed by atoms with Gasteiger partial charge in [-0.3, -0.25) is 10.0 Å². The molecule has 2 rings (SSSR count). The molecule has 0 fully saturated rings. The third-order valence-electron chi connectivity index (χ3n) is 4.41. The van der Waals surface area contributed by atoms with Crippen molar-refractivity contribution >= 4 is 16.7 Å². The lowest BCUT2D eigenvalue weighted by atomic mass is 10.1. The highest BCUT2D eigenvalue weighted by Gasteiger charge is 1.99. The maximum Gasteiger partial charge on any atom is 0.243 e. The minimum atomic E-state index is -0.286. The van der Waals surface area contributed by atoms with Crippen LogP contribution in [0.1, 0.15) is 57.8 Å². The van der Waals surface area contributed by atoms with Crippen LogP contribution >= 0.6 is 0 Å². The predicted octanol–water partition coefficient (Wildman–Crippen LogP) is 5.23. The Bertz CT molecular complexity index is 642. The Morgan fingerprint density at radius 1 is 0.840 bits per heavy atom. The fourth-order valence-electron chi connectivity index (χ4n) is 2.95. The van der Waals surface area contributed by atoms with E-state index in [9.17, 15) is 4.79 Å². The van der Waals surface area contributed by atoms with Gasteiger partial charge in [-0.25, -0.2) is 5.48 Å². The molecule has 0 aromatic heterocycles. The monoisotopic (exact) mass is 343 g/mol. The highest BCUT2D eigenvalue weighted by atomic mass is 16.5. The summed E-state index contributed by atoms with van der Waals surface area (Å²) in [4.78, 5) is 10.8. The molecule has 2 N–H and O–H groups in total. The van der Waals surface area contributed by atoms with Gasteiger partial charge in [0.1, 0.15) is 5.75 Å². The number of hydrogen-bond donors (Lipinski definition) is 2. The highest BCUT2D eigenvalue weighted by molar-refractivity contribution is 5.83. The van der Waals surface area contributed by atoms with Gasteiger partial charge in [0.25, 0.3) is 0 Å². The number of benzene rings is 2. The molecular formula is C21H29NO3. The number of hydrogen-bond acceptors (Lipinski definition) is 3. The zero-order chi connectivity index (χ0) is 17.7. The summed E-state index contributed by atoms with van der Waals surface area (Å²) in [7, 11) is 0. The number of carbonyl (C=O) groups is 1. The van der Waals surface area contributed by atoms with Gasteiger partial charge in [0.05, 0.1) is 6.61 Å². The number of amides is 1. The van der Waals surface area contributed by atoms with E-state index in [1.807, 2.05) is 12.1 Å². The lowest BCUT2D eigenvalue weighted by Crippen LogP contribution is -2.17. The van der Waals surface area contributed by atoms with Crippen molar-refractivity contribution in [1.29, 1.82) is 0 Å². The third kappa shape index (κ3) is 7.57. The molecule has 0 aliphatic carbocycles. The first-order valence-electron chi connectivity index (χ1n) is 9.34. The van der Waals surface area contributed by atoms with Gasteiger partial charge in [0.15, 0.2) is 0 Å². The highest BCUT2D eigenvalue weighted by Crippen LogP contribution is 2.20. The fourth-order valence-corrected chi connectivity index (χ4v) is 2.95. The van der Waals surface area contributed by atoms with Gasteiger partial charge in [-0.1, -0.05) is 68.9 Å². The van der Waals surface area contributed by atoms with Crippen LogP contribution in [0.5, 0.6) is 5.75 Å². The number of nitrogens with one attached hydrogen (secondary N) is 1. The Balaban J connectivity index is 1.46. The first-order valence-corrected chi connectivity index (χ1v) is 9.34. The van der Waals surface area contributed by atoms with E-state index in [4.69, 9.17) is 9.94 Å². The van der Waals surface area contributed by atoms with Crippen molar-refractivity contribution in [2.24, 2.45) is 0 Å². The Labute approximate surface area is 150 Å². The van der Waals surface area contributed by atoms with Crippen LogP contribution in [-0.4, -0.2) is 17.7 Å². The van der Waals surface area contributed by atoms with Crippen LogP contribution in [0.25, 0.3) is 10.8 Å². The van der Waals surface area contributed by atoms with Crippen molar-refractivity contribution in [3.8, 4) is 5.75 Å².